The highest BCUT2D eigenvalue weighted by Crippen LogP contribution is 2.30. The fourth-order valence-corrected chi connectivity index (χ4v) is 1.39. The van der Waals surface area contributed by atoms with E-state index in [0.717, 1.165) is 5.56 Å². The van der Waals surface area contributed by atoms with Crippen LogP contribution in [-0.4, -0.2) is 22.5 Å². The molecule has 0 radical (unpaired) electrons. The molecule has 0 aliphatic heterocycles. The van der Waals surface area contributed by atoms with Crippen LogP contribution in [-0.2, 0) is 9.59 Å². The van der Waals surface area contributed by atoms with Crippen LogP contribution in [0.4, 0.5) is 0 Å². The van der Waals surface area contributed by atoms with Crippen molar-refractivity contribution in [1.82, 2.24) is 5.32 Å². The first kappa shape index (κ1) is 15.8. The first-order valence-corrected chi connectivity index (χ1v) is 6.29. The van der Waals surface area contributed by atoms with Gasteiger partial charge >= 0.3 is 5.97 Å². The summed E-state index contributed by atoms with van der Waals surface area (Å²) in [6.45, 7) is 6.48. The Morgan fingerprint density at radius 2 is 1.65 bits per heavy atom. The van der Waals surface area contributed by atoms with Gasteiger partial charge in [0, 0.05) is 11.5 Å². The van der Waals surface area contributed by atoms with Gasteiger partial charge in [0.15, 0.2) is 0 Å². The first-order valence-electron chi connectivity index (χ1n) is 6.29. The maximum atomic E-state index is 11.8. The van der Waals surface area contributed by atoms with Gasteiger partial charge in [-0.05, 0) is 39.8 Å². The fraction of sp³-hybridized carbons (Fsp3) is 0.375. The van der Waals surface area contributed by atoms with E-state index in [1.54, 1.807) is 39.8 Å². The van der Waals surface area contributed by atoms with Gasteiger partial charge in [-0.3, -0.25) is 9.59 Å². The summed E-state index contributed by atoms with van der Waals surface area (Å²) in [7, 11) is 0. The normalized spacial score (nSPS) is 11.2. The van der Waals surface area contributed by atoms with Gasteiger partial charge in [0.25, 0.3) is 5.91 Å². The van der Waals surface area contributed by atoms with Crippen LogP contribution >= 0.6 is 0 Å². The highest BCUT2D eigenvalue weighted by atomic mass is 16.4. The van der Waals surface area contributed by atoms with Gasteiger partial charge in [0.05, 0.1) is 11.0 Å². The molecule has 106 valence electrons. The number of carbonyl (C=O) groups excluding carboxylic acids is 1. The number of carboxylic acid groups (broad SMARTS) is 1. The van der Waals surface area contributed by atoms with Crippen molar-refractivity contribution in [2.75, 3.05) is 0 Å². The molecule has 0 saturated heterocycles. The highest BCUT2D eigenvalue weighted by Gasteiger charge is 2.44. The summed E-state index contributed by atoms with van der Waals surface area (Å²) in [5, 5.41) is 11.9. The van der Waals surface area contributed by atoms with Crippen molar-refractivity contribution in [2.24, 2.45) is 5.41 Å². The molecule has 2 N–H and O–H groups in total. The second kappa shape index (κ2) is 5.79. The molecule has 0 aliphatic rings. The molecule has 0 heterocycles. The Bertz CT molecular complexity index is 562. The van der Waals surface area contributed by atoms with E-state index in [1.165, 1.54) is 0 Å². The molecule has 0 fully saturated rings. The van der Waals surface area contributed by atoms with Gasteiger partial charge in [-0.25, -0.2) is 0 Å². The van der Waals surface area contributed by atoms with Gasteiger partial charge in [-0.15, -0.1) is 0 Å². The summed E-state index contributed by atoms with van der Waals surface area (Å²) in [6, 6.07) is 9.13. The van der Waals surface area contributed by atoms with E-state index in [9.17, 15) is 14.7 Å². The Kier molecular flexibility index (Phi) is 4.57. The van der Waals surface area contributed by atoms with E-state index in [1.807, 2.05) is 18.2 Å². The summed E-state index contributed by atoms with van der Waals surface area (Å²) in [4.78, 5) is 23.1. The van der Waals surface area contributed by atoms with Gasteiger partial charge < -0.3 is 10.4 Å². The summed E-state index contributed by atoms with van der Waals surface area (Å²) in [5.74, 6) is 3.75. The quantitative estimate of drug-likeness (QED) is 0.828. The number of carboxylic acids is 1. The number of nitrogens with one attached hydrogen (secondary N) is 1. The number of carbonyl (C=O) groups is 2. The first-order chi connectivity index (χ1) is 9.17. The van der Waals surface area contributed by atoms with Crippen molar-refractivity contribution < 1.29 is 14.7 Å². The molecule has 1 aromatic rings. The van der Waals surface area contributed by atoms with Crippen molar-refractivity contribution in [2.45, 2.75) is 33.2 Å². The fourth-order valence-electron chi connectivity index (χ4n) is 1.39. The number of hydrogen-bond donors (Lipinski definition) is 2. The van der Waals surface area contributed by atoms with Crippen LogP contribution in [0, 0.1) is 17.3 Å². The van der Waals surface area contributed by atoms with E-state index < -0.39 is 22.8 Å². The Hall–Kier alpha value is -2.28. The zero-order valence-electron chi connectivity index (χ0n) is 12.2. The molecule has 1 rings (SSSR count). The molecule has 0 aromatic heterocycles. The minimum absolute atomic E-state index is 0.492. The van der Waals surface area contributed by atoms with Gasteiger partial charge in [-0.2, -0.15) is 0 Å². The van der Waals surface area contributed by atoms with Crippen LogP contribution in [0.3, 0.4) is 0 Å². The Morgan fingerprint density at radius 1 is 1.10 bits per heavy atom. The summed E-state index contributed by atoms with van der Waals surface area (Å²) < 4.78 is 0. The molecular formula is C16H19NO3. The zero-order valence-corrected chi connectivity index (χ0v) is 12.2. The van der Waals surface area contributed by atoms with E-state index in [0.29, 0.717) is 0 Å². The molecule has 1 aromatic carbocycles. The smallest absolute Gasteiger partial charge is 0.311 e. The lowest BCUT2D eigenvalue weighted by molar-refractivity contribution is -0.151. The van der Waals surface area contributed by atoms with Gasteiger partial charge in [-0.1, -0.05) is 24.1 Å². The molecular weight excluding hydrogens is 254 g/mol. The van der Waals surface area contributed by atoms with Crippen LogP contribution < -0.4 is 5.32 Å². The van der Waals surface area contributed by atoms with Crippen LogP contribution in [0.2, 0.25) is 0 Å². The third-order valence-electron chi connectivity index (χ3n) is 3.62. The molecule has 0 aliphatic carbocycles. The summed E-state index contributed by atoms with van der Waals surface area (Å²) in [5.41, 5.74) is -1.28. The maximum Gasteiger partial charge on any atom is 0.311 e. The van der Waals surface area contributed by atoms with Gasteiger partial charge in [0.1, 0.15) is 0 Å². The average Bonchev–Trinajstić information content (AvgIpc) is 2.36. The standard InChI is InChI=1S/C16H19NO3/c1-15(2,14(19)20)16(3,4)17-13(18)11-10-12-8-6-5-7-9-12/h5-9H,1-4H3,(H,17,18)(H,19,20). The SMILES string of the molecule is CC(C)(NC(=O)C#Cc1ccccc1)C(C)(C)C(=O)O. The largest absolute Gasteiger partial charge is 0.481 e. The maximum absolute atomic E-state index is 11.8. The molecule has 20 heavy (non-hydrogen) atoms. The van der Waals surface area contributed by atoms with Crippen LogP contribution in [0.15, 0.2) is 30.3 Å². The Labute approximate surface area is 119 Å². The lowest BCUT2D eigenvalue weighted by Gasteiger charge is -2.38. The topological polar surface area (TPSA) is 66.4 Å². The molecule has 0 bridgehead atoms. The molecule has 0 spiro atoms. The number of benzene rings is 1. The van der Waals surface area contributed by atoms with Crippen LogP contribution in [0.25, 0.3) is 0 Å². The van der Waals surface area contributed by atoms with E-state index >= 15 is 0 Å². The van der Waals surface area contributed by atoms with Crippen molar-refractivity contribution in [3.8, 4) is 11.8 Å². The zero-order chi connectivity index (χ0) is 15.4. The third-order valence-corrected chi connectivity index (χ3v) is 3.62. The van der Waals surface area contributed by atoms with Crippen LogP contribution in [0.5, 0.6) is 0 Å². The van der Waals surface area contributed by atoms with Crippen molar-refractivity contribution >= 4 is 11.9 Å². The average molecular weight is 273 g/mol. The van der Waals surface area contributed by atoms with E-state index in [2.05, 4.69) is 17.2 Å². The number of rotatable bonds is 3. The molecule has 0 atom stereocenters. The second-order valence-electron chi connectivity index (χ2n) is 5.63. The Balaban J connectivity index is 2.82. The monoisotopic (exact) mass is 273 g/mol. The third kappa shape index (κ3) is 3.61. The summed E-state index contributed by atoms with van der Waals surface area (Å²) >= 11 is 0. The summed E-state index contributed by atoms with van der Waals surface area (Å²) in [6.07, 6.45) is 0. The predicted octanol–water partition coefficient (Wildman–Crippen LogP) is 2.04. The molecule has 1 amide bonds. The molecule has 0 saturated carbocycles. The van der Waals surface area contributed by atoms with Crippen molar-refractivity contribution in [1.29, 1.82) is 0 Å². The minimum atomic E-state index is -1.10. The molecule has 4 nitrogen and oxygen atoms in total. The molecule has 0 unspecified atom stereocenters. The molecule has 4 heteroatoms. The van der Waals surface area contributed by atoms with E-state index in [-0.39, 0.29) is 0 Å². The number of aliphatic carboxylic acids is 1. The Morgan fingerprint density at radius 3 is 2.15 bits per heavy atom. The lowest BCUT2D eigenvalue weighted by atomic mass is 9.74. The van der Waals surface area contributed by atoms with Crippen molar-refractivity contribution in [3.05, 3.63) is 35.9 Å². The predicted molar refractivity (Wildman–Crippen MR) is 77.0 cm³/mol. The van der Waals surface area contributed by atoms with E-state index in [4.69, 9.17) is 0 Å². The van der Waals surface area contributed by atoms with Crippen LogP contribution in [0.1, 0.15) is 33.3 Å². The second-order valence-corrected chi connectivity index (χ2v) is 5.63. The number of amides is 1. The lowest BCUT2D eigenvalue weighted by Crippen LogP contribution is -2.56. The van der Waals surface area contributed by atoms with Crippen molar-refractivity contribution in [3.63, 3.8) is 0 Å². The number of hydrogen-bond acceptors (Lipinski definition) is 2. The highest BCUT2D eigenvalue weighted by molar-refractivity contribution is 5.95. The van der Waals surface area contributed by atoms with Gasteiger partial charge in [0.2, 0.25) is 0 Å². The minimum Gasteiger partial charge on any atom is -0.481 e.